The molecule has 0 spiro atoms. The van der Waals surface area contributed by atoms with Crippen LogP contribution in [0.25, 0.3) is 0 Å². The Morgan fingerprint density at radius 1 is 1.40 bits per heavy atom. The Hall–Kier alpha value is -0.120. The predicted octanol–water partition coefficient (Wildman–Crippen LogP) is 1.41. The molecule has 90 valence electrons. The molecule has 1 saturated carbocycles. The van der Waals surface area contributed by atoms with Gasteiger partial charge < -0.3 is 15.2 Å². The summed E-state index contributed by atoms with van der Waals surface area (Å²) in [6, 6.07) is 0. The molecular weight excluding hydrogens is 190 g/mol. The van der Waals surface area contributed by atoms with Crippen molar-refractivity contribution in [1.82, 2.24) is 5.32 Å². The molecule has 0 aromatic heterocycles. The summed E-state index contributed by atoms with van der Waals surface area (Å²) in [5.74, 6) is 1.26. The van der Waals surface area contributed by atoms with Crippen LogP contribution >= 0.6 is 0 Å². The van der Waals surface area contributed by atoms with Gasteiger partial charge in [0, 0.05) is 19.2 Å². The summed E-state index contributed by atoms with van der Waals surface area (Å²) in [6.07, 6.45) is 3.57. The first kappa shape index (κ1) is 12.9. The second kappa shape index (κ2) is 5.83. The highest BCUT2D eigenvalue weighted by molar-refractivity contribution is 4.96. The zero-order chi connectivity index (χ0) is 11.3. The molecule has 0 radical (unpaired) electrons. The molecule has 0 bridgehead atoms. The van der Waals surface area contributed by atoms with Gasteiger partial charge in [0.1, 0.15) is 0 Å². The fourth-order valence-electron chi connectivity index (χ4n) is 2.66. The van der Waals surface area contributed by atoms with Crippen molar-refractivity contribution >= 4 is 0 Å². The molecule has 3 heteroatoms. The number of aliphatic hydroxyl groups excluding tert-OH is 1. The Morgan fingerprint density at radius 3 is 2.73 bits per heavy atom. The van der Waals surface area contributed by atoms with Crippen molar-refractivity contribution in [3.05, 3.63) is 0 Å². The number of hydrogen-bond acceptors (Lipinski definition) is 3. The van der Waals surface area contributed by atoms with Crippen LogP contribution in [0, 0.1) is 11.8 Å². The topological polar surface area (TPSA) is 41.5 Å². The Balaban J connectivity index is 2.54. The highest BCUT2D eigenvalue weighted by Crippen LogP contribution is 2.36. The maximum atomic E-state index is 9.63. The second-order valence-corrected chi connectivity index (χ2v) is 5.02. The van der Waals surface area contributed by atoms with Crippen LogP contribution in [-0.2, 0) is 4.74 Å². The average Bonchev–Trinajstić information content (AvgIpc) is 2.23. The van der Waals surface area contributed by atoms with Crippen molar-refractivity contribution in [3.63, 3.8) is 0 Å². The van der Waals surface area contributed by atoms with E-state index < -0.39 is 0 Å². The number of aliphatic hydroxyl groups is 1. The predicted molar refractivity (Wildman–Crippen MR) is 61.9 cm³/mol. The highest BCUT2D eigenvalue weighted by atomic mass is 16.5. The summed E-state index contributed by atoms with van der Waals surface area (Å²) in [5.41, 5.74) is -0.0732. The molecule has 3 unspecified atom stereocenters. The van der Waals surface area contributed by atoms with E-state index in [9.17, 15) is 5.11 Å². The van der Waals surface area contributed by atoms with Gasteiger partial charge in [0.15, 0.2) is 0 Å². The van der Waals surface area contributed by atoms with Crippen LogP contribution in [-0.4, -0.2) is 37.5 Å². The molecule has 1 aliphatic carbocycles. The lowest BCUT2D eigenvalue weighted by Gasteiger charge is -2.44. The first-order valence-electron chi connectivity index (χ1n) is 5.99. The molecule has 0 aromatic carbocycles. The Bertz CT molecular complexity index is 186. The van der Waals surface area contributed by atoms with Crippen LogP contribution in [0.2, 0.25) is 0 Å². The second-order valence-electron chi connectivity index (χ2n) is 5.02. The molecule has 15 heavy (non-hydrogen) atoms. The van der Waals surface area contributed by atoms with Gasteiger partial charge in [-0.3, -0.25) is 0 Å². The lowest BCUT2D eigenvalue weighted by Crippen LogP contribution is -2.57. The smallest absolute Gasteiger partial charge is 0.0616 e. The molecule has 1 aliphatic rings. The number of methoxy groups -OCH3 is 1. The van der Waals surface area contributed by atoms with Crippen LogP contribution in [0.4, 0.5) is 0 Å². The molecule has 0 saturated heterocycles. The SMILES string of the molecule is COCCNC1(CO)CC(C)CCC1C. The normalized spacial score (nSPS) is 36.8. The molecule has 1 fully saturated rings. The van der Waals surface area contributed by atoms with Crippen molar-refractivity contribution in [2.45, 2.75) is 38.6 Å². The monoisotopic (exact) mass is 215 g/mol. The molecular formula is C12H25NO2. The van der Waals surface area contributed by atoms with Crippen LogP contribution in [0.15, 0.2) is 0 Å². The van der Waals surface area contributed by atoms with Gasteiger partial charge in [-0.1, -0.05) is 20.3 Å². The maximum absolute atomic E-state index is 9.63. The lowest BCUT2D eigenvalue weighted by molar-refractivity contribution is 0.0476. The van der Waals surface area contributed by atoms with Crippen molar-refractivity contribution in [2.75, 3.05) is 26.9 Å². The number of nitrogens with one attached hydrogen (secondary N) is 1. The van der Waals surface area contributed by atoms with E-state index in [0.29, 0.717) is 18.4 Å². The lowest BCUT2D eigenvalue weighted by atomic mass is 9.70. The van der Waals surface area contributed by atoms with Gasteiger partial charge in [0.05, 0.1) is 13.2 Å². The minimum Gasteiger partial charge on any atom is -0.394 e. The van der Waals surface area contributed by atoms with Crippen molar-refractivity contribution < 1.29 is 9.84 Å². The van der Waals surface area contributed by atoms with Crippen molar-refractivity contribution in [2.24, 2.45) is 11.8 Å². The molecule has 2 N–H and O–H groups in total. The molecule has 0 aromatic rings. The van der Waals surface area contributed by atoms with Gasteiger partial charge in [0.25, 0.3) is 0 Å². The third kappa shape index (κ3) is 3.16. The van der Waals surface area contributed by atoms with Crippen LogP contribution < -0.4 is 5.32 Å². The fraction of sp³-hybridized carbons (Fsp3) is 1.00. The van der Waals surface area contributed by atoms with Gasteiger partial charge in [0.2, 0.25) is 0 Å². The minimum atomic E-state index is -0.0732. The quantitative estimate of drug-likeness (QED) is 0.681. The molecule has 0 amide bonds. The van der Waals surface area contributed by atoms with Crippen LogP contribution in [0.1, 0.15) is 33.1 Å². The van der Waals surface area contributed by atoms with E-state index in [2.05, 4.69) is 19.2 Å². The van der Waals surface area contributed by atoms with Crippen molar-refractivity contribution in [3.8, 4) is 0 Å². The molecule has 3 atom stereocenters. The number of rotatable bonds is 5. The van der Waals surface area contributed by atoms with E-state index in [-0.39, 0.29) is 12.1 Å². The standard InChI is InChI=1S/C12H25NO2/c1-10-4-5-11(2)12(8-10,9-14)13-6-7-15-3/h10-11,13-14H,4-9H2,1-3H3. The first-order valence-corrected chi connectivity index (χ1v) is 5.99. The van der Waals surface area contributed by atoms with Gasteiger partial charge in [-0.2, -0.15) is 0 Å². The van der Waals surface area contributed by atoms with Crippen LogP contribution in [0.3, 0.4) is 0 Å². The molecule has 0 heterocycles. The van der Waals surface area contributed by atoms with Gasteiger partial charge in [-0.25, -0.2) is 0 Å². The summed E-state index contributed by atoms with van der Waals surface area (Å²) >= 11 is 0. The first-order chi connectivity index (χ1) is 7.14. The summed E-state index contributed by atoms with van der Waals surface area (Å²) in [7, 11) is 1.71. The molecule has 0 aliphatic heterocycles. The summed E-state index contributed by atoms with van der Waals surface area (Å²) in [5, 5.41) is 13.1. The fourth-order valence-corrected chi connectivity index (χ4v) is 2.66. The van der Waals surface area contributed by atoms with Gasteiger partial charge >= 0.3 is 0 Å². The number of ether oxygens (including phenoxy) is 1. The van der Waals surface area contributed by atoms with Crippen molar-refractivity contribution in [1.29, 1.82) is 0 Å². The zero-order valence-corrected chi connectivity index (χ0v) is 10.3. The average molecular weight is 215 g/mol. The van der Waals surface area contributed by atoms with E-state index in [1.54, 1.807) is 7.11 Å². The molecule has 3 nitrogen and oxygen atoms in total. The summed E-state index contributed by atoms with van der Waals surface area (Å²) in [6.45, 7) is 6.29. The summed E-state index contributed by atoms with van der Waals surface area (Å²) in [4.78, 5) is 0. The van der Waals surface area contributed by atoms with Gasteiger partial charge in [-0.15, -0.1) is 0 Å². The highest BCUT2D eigenvalue weighted by Gasteiger charge is 2.39. The van der Waals surface area contributed by atoms with Gasteiger partial charge in [-0.05, 0) is 24.7 Å². The zero-order valence-electron chi connectivity index (χ0n) is 10.3. The maximum Gasteiger partial charge on any atom is 0.0616 e. The Labute approximate surface area is 93.2 Å². The van der Waals surface area contributed by atoms with E-state index in [4.69, 9.17) is 4.74 Å². The number of hydrogen-bond donors (Lipinski definition) is 2. The Morgan fingerprint density at radius 2 is 2.13 bits per heavy atom. The largest absolute Gasteiger partial charge is 0.394 e. The molecule has 1 rings (SSSR count). The third-order valence-corrected chi connectivity index (χ3v) is 3.81. The van der Waals surface area contributed by atoms with Crippen LogP contribution in [0.5, 0.6) is 0 Å². The van der Waals surface area contributed by atoms with E-state index in [1.807, 2.05) is 0 Å². The Kier molecular flexibility index (Phi) is 5.03. The third-order valence-electron chi connectivity index (χ3n) is 3.81. The summed E-state index contributed by atoms with van der Waals surface area (Å²) < 4.78 is 5.04. The van der Waals surface area contributed by atoms with E-state index in [1.165, 1.54) is 12.8 Å². The van der Waals surface area contributed by atoms with E-state index >= 15 is 0 Å². The van der Waals surface area contributed by atoms with E-state index in [0.717, 1.165) is 13.0 Å². The minimum absolute atomic E-state index is 0.0732.